The molecule has 18 heavy (non-hydrogen) atoms. The molecule has 1 unspecified atom stereocenters. The van der Waals surface area contributed by atoms with Gasteiger partial charge in [0.2, 0.25) is 0 Å². The van der Waals surface area contributed by atoms with E-state index < -0.39 is 0 Å². The van der Waals surface area contributed by atoms with Gasteiger partial charge in [-0.1, -0.05) is 0 Å². The summed E-state index contributed by atoms with van der Waals surface area (Å²) in [4.78, 5) is 0. The molecule has 2 aromatic rings. The van der Waals surface area contributed by atoms with Crippen LogP contribution in [0, 0.1) is 6.92 Å². The van der Waals surface area contributed by atoms with Crippen molar-refractivity contribution in [3.05, 3.63) is 64.7 Å². The second kappa shape index (κ2) is 4.63. The zero-order valence-corrected chi connectivity index (χ0v) is 13.2. The normalized spacial score (nSPS) is 17.4. The van der Waals surface area contributed by atoms with Gasteiger partial charge in [-0.05, 0) is 0 Å². The van der Waals surface area contributed by atoms with Crippen molar-refractivity contribution in [1.29, 1.82) is 0 Å². The van der Waals surface area contributed by atoms with Crippen molar-refractivity contribution < 1.29 is 24.7 Å². The van der Waals surface area contributed by atoms with E-state index in [1.165, 1.54) is 33.4 Å². The van der Waals surface area contributed by atoms with Crippen LogP contribution in [0.25, 0.3) is 17.2 Å². The number of rotatable bonds is 1. The molecule has 1 atom stereocenters. The van der Waals surface area contributed by atoms with Gasteiger partial charge < -0.3 is 0 Å². The molecule has 0 radical (unpaired) electrons. The Kier molecular flexibility index (Phi) is 3.11. The number of aryl methyl sites for hydroxylation is 1. The van der Waals surface area contributed by atoms with Gasteiger partial charge >= 0.3 is 124 Å². The summed E-state index contributed by atoms with van der Waals surface area (Å²) in [5.74, 6) is 0. The van der Waals surface area contributed by atoms with Crippen LogP contribution < -0.4 is 0 Å². The zero-order chi connectivity index (χ0) is 12.7. The van der Waals surface area contributed by atoms with E-state index in [4.69, 9.17) is 0 Å². The summed E-state index contributed by atoms with van der Waals surface area (Å²) in [6, 6.07) is 15.5. The average Bonchev–Trinajstić information content (AvgIpc) is 2.67. The fourth-order valence-corrected chi connectivity index (χ4v) is 3.36. The Morgan fingerprint density at radius 2 is 1.67 bits per heavy atom. The Morgan fingerprint density at radius 3 is 2.39 bits per heavy atom. The Morgan fingerprint density at radius 1 is 0.944 bits per heavy atom. The van der Waals surface area contributed by atoms with Gasteiger partial charge in [-0.3, -0.25) is 0 Å². The number of allylic oxidation sites excluding steroid dienone is 1. The summed E-state index contributed by atoms with van der Waals surface area (Å²) in [7, 11) is 0. The number of fused-ring (bicyclic) bond motifs is 1. The fourth-order valence-electron chi connectivity index (χ4n) is 2.54. The Labute approximate surface area is 124 Å². The molecule has 0 heterocycles. The van der Waals surface area contributed by atoms with Crippen molar-refractivity contribution in [2.45, 2.75) is 17.5 Å². The second-order valence-corrected chi connectivity index (χ2v) is 6.42. The van der Waals surface area contributed by atoms with E-state index in [-0.39, 0.29) is 0 Å². The summed E-state index contributed by atoms with van der Waals surface area (Å²) in [6.45, 7) is 4.38. The van der Waals surface area contributed by atoms with E-state index >= 15 is 0 Å². The molecule has 0 N–H and O–H groups in total. The molecule has 1 aliphatic rings. The SMILES string of the molecule is CC1=Cc2c(-c3ccc(C)cc3)cccc2[CH]1[Zr]. The van der Waals surface area contributed by atoms with Crippen LogP contribution in [-0.4, -0.2) is 0 Å². The molecule has 0 saturated carbocycles. The third-order valence-electron chi connectivity index (χ3n) is 3.64. The van der Waals surface area contributed by atoms with Crippen molar-refractivity contribution in [3.63, 3.8) is 0 Å². The van der Waals surface area contributed by atoms with Crippen molar-refractivity contribution >= 4 is 6.08 Å². The fraction of sp³-hybridized carbons (Fsp3) is 0.176. The molecule has 0 saturated heterocycles. The average molecular weight is 311 g/mol. The molecule has 0 fully saturated rings. The second-order valence-electron chi connectivity index (χ2n) is 5.00. The summed E-state index contributed by atoms with van der Waals surface area (Å²) in [5.41, 5.74) is 8.45. The van der Waals surface area contributed by atoms with E-state index in [1.807, 2.05) is 0 Å². The number of hydrogen-bond donors (Lipinski definition) is 0. The maximum atomic E-state index is 2.36. The van der Waals surface area contributed by atoms with Crippen molar-refractivity contribution in [2.75, 3.05) is 0 Å². The quantitative estimate of drug-likeness (QED) is 0.718. The summed E-state index contributed by atoms with van der Waals surface area (Å²) >= 11 is 1.59. The van der Waals surface area contributed by atoms with Crippen LogP contribution in [0.3, 0.4) is 0 Å². The first-order valence-electron chi connectivity index (χ1n) is 6.26. The predicted molar refractivity (Wildman–Crippen MR) is 73.0 cm³/mol. The van der Waals surface area contributed by atoms with Crippen molar-refractivity contribution in [3.8, 4) is 11.1 Å². The zero-order valence-electron chi connectivity index (χ0n) is 10.7. The van der Waals surface area contributed by atoms with Crippen LogP contribution in [0.15, 0.2) is 48.0 Å². The van der Waals surface area contributed by atoms with Crippen molar-refractivity contribution in [2.24, 2.45) is 0 Å². The Balaban J connectivity index is 2.18. The first-order valence-corrected chi connectivity index (χ1v) is 7.68. The molecule has 2 aromatic carbocycles. The summed E-state index contributed by atoms with van der Waals surface area (Å²) < 4.78 is 0.651. The molecule has 0 amide bonds. The molecule has 0 aliphatic heterocycles. The van der Waals surface area contributed by atoms with Gasteiger partial charge in [-0.2, -0.15) is 0 Å². The van der Waals surface area contributed by atoms with Crippen LogP contribution in [0.2, 0.25) is 0 Å². The number of benzene rings is 2. The third-order valence-corrected chi connectivity index (χ3v) is 5.52. The molecule has 1 aliphatic carbocycles. The maximum absolute atomic E-state index is 2.36. The number of hydrogen-bond acceptors (Lipinski definition) is 0. The van der Waals surface area contributed by atoms with E-state index in [0.29, 0.717) is 3.63 Å². The van der Waals surface area contributed by atoms with Gasteiger partial charge in [0.05, 0.1) is 0 Å². The predicted octanol–water partition coefficient (Wildman–Crippen LogP) is 4.67. The Hall–Kier alpha value is -0.937. The third kappa shape index (κ3) is 1.95. The van der Waals surface area contributed by atoms with Crippen molar-refractivity contribution in [1.82, 2.24) is 0 Å². The molecule has 3 rings (SSSR count). The van der Waals surface area contributed by atoms with E-state index in [2.05, 4.69) is 62.4 Å². The van der Waals surface area contributed by atoms with Crippen LogP contribution >= 0.6 is 0 Å². The first kappa shape index (κ1) is 12.1. The van der Waals surface area contributed by atoms with Gasteiger partial charge in [0.1, 0.15) is 0 Å². The summed E-state index contributed by atoms with van der Waals surface area (Å²) in [5, 5.41) is 0. The molecular weight excluding hydrogens is 295 g/mol. The molecule has 0 spiro atoms. The topological polar surface area (TPSA) is 0 Å². The standard InChI is InChI=1S/C17H15.Zr/c1-12-6-8-14(9-7-12)16-5-3-4-15-10-13(2)11-17(15)16;/h3-11H,1-2H3;. The van der Waals surface area contributed by atoms with E-state index in [1.54, 1.807) is 24.7 Å². The van der Waals surface area contributed by atoms with Gasteiger partial charge in [-0.15, -0.1) is 0 Å². The molecule has 1 heteroatoms. The minimum absolute atomic E-state index is 0.651. The minimum atomic E-state index is 0.651. The van der Waals surface area contributed by atoms with Crippen LogP contribution in [0.4, 0.5) is 0 Å². The van der Waals surface area contributed by atoms with E-state index in [9.17, 15) is 0 Å². The van der Waals surface area contributed by atoms with Gasteiger partial charge in [-0.25, -0.2) is 0 Å². The van der Waals surface area contributed by atoms with Gasteiger partial charge in [0.15, 0.2) is 0 Å². The van der Waals surface area contributed by atoms with Gasteiger partial charge in [0, 0.05) is 0 Å². The van der Waals surface area contributed by atoms with Gasteiger partial charge in [0.25, 0.3) is 0 Å². The molecular formula is C17H15Zr. The Bertz CT molecular complexity index is 621. The molecule has 0 bridgehead atoms. The first-order chi connectivity index (χ1) is 8.66. The molecule has 0 nitrogen and oxygen atoms in total. The molecule has 0 aromatic heterocycles. The molecule has 87 valence electrons. The summed E-state index contributed by atoms with van der Waals surface area (Å²) in [6.07, 6.45) is 2.36. The van der Waals surface area contributed by atoms with E-state index in [0.717, 1.165) is 0 Å². The van der Waals surface area contributed by atoms with Crippen LogP contribution in [0.1, 0.15) is 27.2 Å². The van der Waals surface area contributed by atoms with Crippen LogP contribution in [-0.2, 0) is 24.7 Å². The monoisotopic (exact) mass is 309 g/mol. The van der Waals surface area contributed by atoms with Crippen LogP contribution in [0.5, 0.6) is 0 Å².